The van der Waals surface area contributed by atoms with E-state index in [0.29, 0.717) is 11.9 Å². The molecule has 0 fully saturated rings. The van der Waals surface area contributed by atoms with Crippen molar-refractivity contribution >= 4 is 15.9 Å². The molecule has 0 amide bonds. The third kappa shape index (κ3) is 4.37. The van der Waals surface area contributed by atoms with E-state index in [1.165, 1.54) is 0 Å². The Labute approximate surface area is 111 Å². The third-order valence-corrected chi connectivity index (χ3v) is 3.22. The summed E-state index contributed by atoms with van der Waals surface area (Å²) in [6.45, 7) is 3.52. The largest absolute Gasteiger partial charge is 0.383 e. The molecule has 0 saturated heterocycles. The summed E-state index contributed by atoms with van der Waals surface area (Å²) in [5.74, 6) is 1.95. The normalized spacial score (nSPS) is 12.9. The molecule has 0 aliphatic heterocycles. The molecule has 0 bridgehead atoms. The van der Waals surface area contributed by atoms with Crippen molar-refractivity contribution in [3.05, 3.63) is 11.6 Å². The lowest BCUT2D eigenvalue weighted by Crippen LogP contribution is -2.13. The second-order valence-electron chi connectivity index (χ2n) is 3.90. The smallest absolute Gasteiger partial charge is 0.143 e. The van der Waals surface area contributed by atoms with Crippen molar-refractivity contribution in [2.24, 2.45) is 0 Å². The lowest BCUT2D eigenvalue weighted by molar-refractivity contribution is 0.110. The predicted molar refractivity (Wildman–Crippen MR) is 69.3 cm³/mol. The Morgan fingerprint density at radius 1 is 1.29 bits per heavy atom. The molecule has 1 aromatic heterocycles. The number of aromatic nitrogens is 3. The molecule has 0 aromatic carbocycles. The van der Waals surface area contributed by atoms with Gasteiger partial charge in [-0.25, -0.2) is 0 Å². The summed E-state index contributed by atoms with van der Waals surface area (Å²) in [5.41, 5.74) is 0. The van der Waals surface area contributed by atoms with Gasteiger partial charge >= 0.3 is 0 Å². The maximum atomic E-state index is 5.23. The van der Waals surface area contributed by atoms with Gasteiger partial charge in [0.05, 0.1) is 18.0 Å². The lowest BCUT2D eigenvalue weighted by Gasteiger charge is -2.11. The first kappa shape index (κ1) is 14.6. The quantitative estimate of drug-likeness (QED) is 0.687. The van der Waals surface area contributed by atoms with Gasteiger partial charge in [-0.15, -0.1) is 10.2 Å². The summed E-state index contributed by atoms with van der Waals surface area (Å²) >= 11 is 3.42. The summed E-state index contributed by atoms with van der Waals surface area (Å²) in [6.07, 6.45) is 2.07. The summed E-state index contributed by atoms with van der Waals surface area (Å²) < 4.78 is 12.4. The maximum Gasteiger partial charge on any atom is 0.143 e. The Bertz CT molecular complexity index is 331. The fraction of sp³-hybridized carbons (Fsp3) is 0.818. The molecule has 5 nitrogen and oxygen atoms in total. The minimum atomic E-state index is 0.245. The van der Waals surface area contributed by atoms with Crippen LogP contribution in [-0.2, 0) is 27.8 Å². The molecule has 1 heterocycles. The van der Waals surface area contributed by atoms with E-state index >= 15 is 0 Å². The van der Waals surface area contributed by atoms with Crippen LogP contribution in [0.2, 0.25) is 0 Å². The van der Waals surface area contributed by atoms with Crippen molar-refractivity contribution < 1.29 is 9.47 Å². The zero-order valence-electron chi connectivity index (χ0n) is 10.6. The molecule has 0 aliphatic carbocycles. The number of hydrogen-bond donors (Lipinski definition) is 0. The fourth-order valence-corrected chi connectivity index (χ4v) is 1.96. The summed E-state index contributed by atoms with van der Waals surface area (Å²) in [7, 11) is 3.43. The van der Waals surface area contributed by atoms with E-state index in [-0.39, 0.29) is 6.10 Å². The third-order valence-electron chi connectivity index (χ3n) is 2.72. The van der Waals surface area contributed by atoms with Crippen LogP contribution in [0.1, 0.15) is 25.0 Å². The summed E-state index contributed by atoms with van der Waals surface area (Å²) in [4.78, 5) is 0. The van der Waals surface area contributed by atoms with Gasteiger partial charge in [0.25, 0.3) is 0 Å². The van der Waals surface area contributed by atoms with Gasteiger partial charge in [-0.05, 0) is 13.3 Å². The minimum Gasteiger partial charge on any atom is -0.383 e. The Kier molecular flexibility index (Phi) is 6.69. The number of rotatable bonds is 8. The molecule has 1 rings (SSSR count). The molecule has 1 unspecified atom stereocenters. The Balaban J connectivity index is 2.66. The summed E-state index contributed by atoms with van der Waals surface area (Å²) in [6, 6.07) is 0. The van der Waals surface area contributed by atoms with Crippen molar-refractivity contribution in [3.63, 3.8) is 0 Å². The standard InChI is InChI=1S/C11H20BrN3O2/c1-9(17-3)4-5-10-13-14-11(8-12)15(10)6-7-16-2/h9H,4-8H2,1-3H3. The van der Waals surface area contributed by atoms with E-state index in [1.807, 2.05) is 0 Å². The minimum absolute atomic E-state index is 0.245. The lowest BCUT2D eigenvalue weighted by atomic mass is 10.2. The molecule has 0 spiro atoms. The molecule has 17 heavy (non-hydrogen) atoms. The van der Waals surface area contributed by atoms with Gasteiger partial charge in [0.1, 0.15) is 11.6 Å². The van der Waals surface area contributed by atoms with E-state index in [4.69, 9.17) is 9.47 Å². The average molecular weight is 306 g/mol. The number of halogens is 1. The van der Waals surface area contributed by atoms with Crippen LogP contribution in [0.25, 0.3) is 0 Å². The highest BCUT2D eigenvalue weighted by atomic mass is 79.9. The van der Waals surface area contributed by atoms with Gasteiger partial charge in [-0.1, -0.05) is 15.9 Å². The van der Waals surface area contributed by atoms with E-state index in [2.05, 4.69) is 37.6 Å². The van der Waals surface area contributed by atoms with Gasteiger partial charge < -0.3 is 14.0 Å². The Hall–Kier alpha value is -0.460. The molecular weight excluding hydrogens is 286 g/mol. The Morgan fingerprint density at radius 3 is 2.59 bits per heavy atom. The van der Waals surface area contributed by atoms with Crippen molar-refractivity contribution in [2.45, 2.75) is 37.7 Å². The number of methoxy groups -OCH3 is 2. The van der Waals surface area contributed by atoms with Crippen LogP contribution in [0.3, 0.4) is 0 Å². The second-order valence-corrected chi connectivity index (χ2v) is 4.46. The fourth-order valence-electron chi connectivity index (χ4n) is 1.55. The molecule has 0 aliphatic rings. The first-order chi connectivity index (χ1) is 8.22. The summed E-state index contributed by atoms with van der Waals surface area (Å²) in [5, 5.41) is 9.09. The number of aryl methyl sites for hydroxylation is 1. The highest BCUT2D eigenvalue weighted by Gasteiger charge is 2.11. The maximum absolute atomic E-state index is 5.23. The SMILES string of the molecule is COCCn1c(CBr)nnc1CCC(C)OC. The predicted octanol–water partition coefficient (Wildman–Crippen LogP) is 1.79. The molecule has 0 N–H and O–H groups in total. The number of nitrogens with zero attached hydrogens (tertiary/aromatic N) is 3. The van der Waals surface area contributed by atoms with Crippen LogP contribution in [0.5, 0.6) is 0 Å². The molecule has 6 heteroatoms. The molecule has 0 radical (unpaired) electrons. The van der Waals surface area contributed by atoms with E-state index in [0.717, 1.165) is 31.0 Å². The first-order valence-electron chi connectivity index (χ1n) is 5.71. The molecule has 1 atom stereocenters. The van der Waals surface area contributed by atoms with Crippen LogP contribution in [-0.4, -0.2) is 41.7 Å². The van der Waals surface area contributed by atoms with Crippen LogP contribution >= 0.6 is 15.9 Å². The van der Waals surface area contributed by atoms with Gasteiger partial charge in [-0.2, -0.15) is 0 Å². The van der Waals surface area contributed by atoms with E-state index < -0.39 is 0 Å². The topological polar surface area (TPSA) is 49.2 Å². The van der Waals surface area contributed by atoms with Crippen LogP contribution in [0.4, 0.5) is 0 Å². The monoisotopic (exact) mass is 305 g/mol. The highest BCUT2D eigenvalue weighted by molar-refractivity contribution is 9.08. The van der Waals surface area contributed by atoms with Gasteiger partial charge in [0.2, 0.25) is 0 Å². The molecule has 0 saturated carbocycles. The number of alkyl halides is 1. The van der Waals surface area contributed by atoms with E-state index in [9.17, 15) is 0 Å². The van der Waals surface area contributed by atoms with Crippen LogP contribution < -0.4 is 0 Å². The zero-order chi connectivity index (χ0) is 12.7. The number of hydrogen-bond acceptors (Lipinski definition) is 4. The van der Waals surface area contributed by atoms with E-state index in [1.54, 1.807) is 14.2 Å². The average Bonchev–Trinajstić information content (AvgIpc) is 2.75. The number of ether oxygens (including phenoxy) is 2. The van der Waals surface area contributed by atoms with Crippen molar-refractivity contribution in [1.82, 2.24) is 14.8 Å². The van der Waals surface area contributed by atoms with Gasteiger partial charge in [0, 0.05) is 27.2 Å². The van der Waals surface area contributed by atoms with Crippen LogP contribution in [0, 0.1) is 0 Å². The second kappa shape index (κ2) is 7.79. The molecule has 1 aromatic rings. The van der Waals surface area contributed by atoms with Crippen molar-refractivity contribution in [1.29, 1.82) is 0 Å². The van der Waals surface area contributed by atoms with Gasteiger partial charge in [0.15, 0.2) is 0 Å². The van der Waals surface area contributed by atoms with Gasteiger partial charge in [-0.3, -0.25) is 0 Å². The Morgan fingerprint density at radius 2 is 2.00 bits per heavy atom. The van der Waals surface area contributed by atoms with Crippen molar-refractivity contribution in [3.8, 4) is 0 Å². The van der Waals surface area contributed by atoms with Crippen molar-refractivity contribution in [2.75, 3.05) is 20.8 Å². The first-order valence-corrected chi connectivity index (χ1v) is 6.83. The highest BCUT2D eigenvalue weighted by Crippen LogP contribution is 2.10. The molecule has 98 valence electrons. The van der Waals surface area contributed by atoms with Crippen LogP contribution in [0.15, 0.2) is 0 Å². The zero-order valence-corrected chi connectivity index (χ0v) is 12.2. The molecular formula is C11H20BrN3O2.